The van der Waals surface area contributed by atoms with Crippen LogP contribution in [0.2, 0.25) is 0 Å². The summed E-state index contributed by atoms with van der Waals surface area (Å²) in [4.78, 5) is 0. The van der Waals surface area contributed by atoms with Gasteiger partial charge in [0.1, 0.15) is 16.1 Å². The van der Waals surface area contributed by atoms with E-state index in [1.165, 1.54) is 0 Å². The number of hydrogen-bond donors (Lipinski definition) is 0. The first-order chi connectivity index (χ1) is 8.00. The van der Waals surface area contributed by atoms with Crippen LogP contribution in [-0.4, -0.2) is 22.1 Å². The Hall–Kier alpha value is -0.840. The second-order valence-corrected chi connectivity index (χ2v) is 6.58. The predicted octanol–water partition coefficient (Wildman–Crippen LogP) is 2.74. The van der Waals surface area contributed by atoms with Gasteiger partial charge in [-0.3, -0.25) is 0 Å². The van der Waals surface area contributed by atoms with Crippen LogP contribution in [0.3, 0.4) is 0 Å². The molecule has 4 heteroatoms. The Balaban J connectivity index is 2.23. The minimum Gasteiger partial charge on any atom is -0.591 e. The lowest BCUT2D eigenvalue weighted by atomic mass is 10.2. The Bertz CT molecular complexity index is 346. The number of benzene rings is 1. The van der Waals surface area contributed by atoms with Gasteiger partial charge in [0.2, 0.25) is 0 Å². The van der Waals surface area contributed by atoms with Gasteiger partial charge in [-0.1, -0.05) is 34.7 Å². The van der Waals surface area contributed by atoms with Crippen LogP contribution in [0.25, 0.3) is 0 Å². The van der Waals surface area contributed by atoms with Gasteiger partial charge >= 0.3 is 0 Å². The summed E-state index contributed by atoms with van der Waals surface area (Å²) < 4.78 is 20.6. The Morgan fingerprint density at radius 3 is 2.53 bits per heavy atom. The van der Waals surface area contributed by atoms with Gasteiger partial charge in [-0.2, -0.15) is 0 Å². The second-order valence-electron chi connectivity index (χ2n) is 4.65. The van der Waals surface area contributed by atoms with E-state index in [2.05, 4.69) is 4.40 Å². The molecule has 0 aromatic heterocycles. The first-order valence-corrected chi connectivity index (χ1v) is 6.67. The molecule has 0 bridgehead atoms. The molecule has 0 aliphatic rings. The Morgan fingerprint density at radius 1 is 1.29 bits per heavy atom. The van der Waals surface area contributed by atoms with E-state index in [-0.39, 0.29) is 4.75 Å². The maximum absolute atomic E-state index is 11.6. The monoisotopic (exact) mass is 253 g/mol. The Kier molecular flexibility index (Phi) is 5.68. The fourth-order valence-corrected chi connectivity index (χ4v) is 1.57. The molecule has 0 saturated heterocycles. The summed E-state index contributed by atoms with van der Waals surface area (Å²) in [7, 11) is 0. The van der Waals surface area contributed by atoms with E-state index in [4.69, 9.17) is 4.74 Å². The van der Waals surface area contributed by atoms with Crippen molar-refractivity contribution in [2.75, 3.05) is 6.61 Å². The summed E-state index contributed by atoms with van der Waals surface area (Å²) in [5, 5.41) is 0. The van der Waals surface area contributed by atoms with E-state index in [0.29, 0.717) is 13.2 Å². The molecule has 1 aromatic rings. The molecule has 0 radical (unpaired) electrons. The zero-order valence-corrected chi connectivity index (χ0v) is 11.4. The predicted molar refractivity (Wildman–Crippen MR) is 72.5 cm³/mol. The van der Waals surface area contributed by atoms with E-state index < -0.39 is 11.4 Å². The number of ether oxygens (including phenoxy) is 1. The van der Waals surface area contributed by atoms with Gasteiger partial charge in [-0.25, -0.2) is 0 Å². The third-order valence-corrected chi connectivity index (χ3v) is 3.39. The van der Waals surface area contributed by atoms with Crippen LogP contribution in [0.1, 0.15) is 26.3 Å². The van der Waals surface area contributed by atoms with Gasteiger partial charge in [-0.05, 0) is 26.3 Å². The van der Waals surface area contributed by atoms with Crippen molar-refractivity contribution in [1.82, 2.24) is 0 Å². The van der Waals surface area contributed by atoms with Crippen molar-refractivity contribution in [3.8, 4) is 0 Å². The van der Waals surface area contributed by atoms with E-state index in [9.17, 15) is 4.55 Å². The Labute approximate surface area is 106 Å². The molecule has 0 heterocycles. The van der Waals surface area contributed by atoms with Crippen LogP contribution in [-0.2, 0) is 22.7 Å². The van der Waals surface area contributed by atoms with Crippen LogP contribution >= 0.6 is 0 Å². The average Bonchev–Trinajstić information content (AvgIpc) is 2.28. The fourth-order valence-electron chi connectivity index (χ4n) is 1.06. The van der Waals surface area contributed by atoms with E-state index >= 15 is 0 Å². The zero-order chi connectivity index (χ0) is 12.7. The highest BCUT2D eigenvalue weighted by Crippen LogP contribution is 2.16. The molecular weight excluding hydrogens is 234 g/mol. The van der Waals surface area contributed by atoms with Crippen LogP contribution in [0.5, 0.6) is 0 Å². The molecule has 1 atom stereocenters. The molecule has 17 heavy (non-hydrogen) atoms. The highest BCUT2D eigenvalue weighted by Gasteiger charge is 2.25. The molecule has 0 spiro atoms. The minimum absolute atomic E-state index is 0.310. The highest BCUT2D eigenvalue weighted by molar-refractivity contribution is 7.91. The zero-order valence-electron chi connectivity index (χ0n) is 10.6. The molecule has 3 nitrogen and oxygen atoms in total. The molecule has 1 rings (SSSR count). The molecule has 0 unspecified atom stereocenters. The fraction of sp³-hybridized carbons (Fsp3) is 0.462. The van der Waals surface area contributed by atoms with E-state index in [1.54, 1.807) is 6.21 Å². The van der Waals surface area contributed by atoms with Gasteiger partial charge in [-0.15, -0.1) is 0 Å². The van der Waals surface area contributed by atoms with E-state index in [0.717, 1.165) is 5.56 Å². The second kappa shape index (κ2) is 6.79. The van der Waals surface area contributed by atoms with Gasteiger partial charge in [0.25, 0.3) is 0 Å². The standard InChI is InChI=1S/C13H19NO2S/c1-13(2,3)17(15)14-9-10-16-11-12-7-5-4-6-8-12/h4-9H,10-11H2,1-3H3/b14-9+/t17-/m0/s1. The lowest BCUT2D eigenvalue weighted by Gasteiger charge is -2.17. The van der Waals surface area contributed by atoms with Crippen molar-refractivity contribution in [1.29, 1.82) is 0 Å². The first-order valence-electron chi connectivity index (χ1n) is 5.56. The van der Waals surface area contributed by atoms with Crippen molar-refractivity contribution in [2.45, 2.75) is 32.1 Å². The summed E-state index contributed by atoms with van der Waals surface area (Å²) >= 11 is -1.20. The summed E-state index contributed by atoms with van der Waals surface area (Å²) in [6.45, 7) is 6.62. The topological polar surface area (TPSA) is 44.7 Å². The van der Waals surface area contributed by atoms with Crippen molar-refractivity contribution in [3.05, 3.63) is 35.9 Å². The van der Waals surface area contributed by atoms with Crippen molar-refractivity contribution >= 4 is 17.6 Å². The minimum atomic E-state index is -1.20. The van der Waals surface area contributed by atoms with E-state index in [1.807, 2.05) is 51.1 Å². The van der Waals surface area contributed by atoms with Gasteiger partial charge in [0.05, 0.1) is 19.4 Å². The molecule has 94 valence electrons. The van der Waals surface area contributed by atoms with Crippen LogP contribution < -0.4 is 0 Å². The lowest BCUT2D eigenvalue weighted by molar-refractivity contribution is 0.160. The SMILES string of the molecule is CC(C)(C)[S@+]([O-])/N=C/COCc1ccccc1. The van der Waals surface area contributed by atoms with Gasteiger partial charge in [0.15, 0.2) is 0 Å². The molecule has 0 saturated carbocycles. The average molecular weight is 253 g/mol. The summed E-state index contributed by atoms with van der Waals surface area (Å²) in [6.07, 6.45) is 1.57. The maximum Gasteiger partial charge on any atom is 0.144 e. The lowest BCUT2D eigenvalue weighted by Crippen LogP contribution is -2.26. The molecule has 0 amide bonds. The molecule has 0 aliphatic heterocycles. The van der Waals surface area contributed by atoms with Crippen LogP contribution in [0, 0.1) is 0 Å². The third-order valence-electron chi connectivity index (χ3n) is 2.00. The highest BCUT2D eigenvalue weighted by atomic mass is 32.2. The summed E-state index contributed by atoms with van der Waals surface area (Å²) in [5.74, 6) is 0. The quantitative estimate of drug-likeness (QED) is 0.460. The van der Waals surface area contributed by atoms with Crippen molar-refractivity contribution in [2.24, 2.45) is 4.40 Å². The first kappa shape index (κ1) is 14.2. The smallest absolute Gasteiger partial charge is 0.144 e. The number of hydrogen-bond acceptors (Lipinski definition) is 3. The molecule has 1 aromatic carbocycles. The summed E-state index contributed by atoms with van der Waals surface area (Å²) in [5.41, 5.74) is 1.12. The van der Waals surface area contributed by atoms with Crippen LogP contribution in [0.15, 0.2) is 34.7 Å². The molecular formula is C13H19NO2S. The molecule has 0 aliphatic carbocycles. The third kappa shape index (κ3) is 5.86. The van der Waals surface area contributed by atoms with Crippen molar-refractivity contribution in [3.63, 3.8) is 0 Å². The van der Waals surface area contributed by atoms with Crippen molar-refractivity contribution < 1.29 is 9.29 Å². The summed E-state index contributed by atoms with van der Waals surface area (Å²) in [6, 6.07) is 9.93. The largest absolute Gasteiger partial charge is 0.591 e. The normalized spacial score (nSPS) is 14.1. The van der Waals surface area contributed by atoms with Gasteiger partial charge in [0, 0.05) is 0 Å². The number of nitrogens with zero attached hydrogens (tertiary/aromatic N) is 1. The van der Waals surface area contributed by atoms with Crippen LogP contribution in [0.4, 0.5) is 0 Å². The Morgan fingerprint density at radius 2 is 1.94 bits per heavy atom. The van der Waals surface area contributed by atoms with Gasteiger partial charge < -0.3 is 9.29 Å². The maximum atomic E-state index is 11.6. The number of rotatable bonds is 5. The molecule has 0 fully saturated rings. The molecule has 0 N–H and O–H groups in total.